The summed E-state index contributed by atoms with van der Waals surface area (Å²) in [7, 11) is 0. The van der Waals surface area contributed by atoms with Crippen molar-refractivity contribution in [2.24, 2.45) is 5.92 Å². The van der Waals surface area contributed by atoms with E-state index in [0.717, 1.165) is 0 Å². The molecule has 52 valence electrons. The first-order valence-corrected chi connectivity index (χ1v) is 3.90. The third-order valence-corrected chi connectivity index (χ3v) is 2.03. The molecule has 0 radical (unpaired) electrons. The summed E-state index contributed by atoms with van der Waals surface area (Å²) in [5.74, 6) is 0.391. The van der Waals surface area contributed by atoms with Crippen LogP contribution in [0.4, 0.5) is 0 Å². The van der Waals surface area contributed by atoms with Crippen LogP contribution in [0.15, 0.2) is 0 Å². The van der Waals surface area contributed by atoms with Crippen molar-refractivity contribution in [1.29, 1.82) is 0 Å². The maximum Gasteiger partial charge on any atom is 0.141 e. The van der Waals surface area contributed by atoms with E-state index in [0.29, 0.717) is 18.8 Å². The van der Waals surface area contributed by atoms with E-state index in [9.17, 15) is 4.79 Å². The fourth-order valence-corrected chi connectivity index (χ4v) is 1.23. The van der Waals surface area contributed by atoms with Gasteiger partial charge in [0.05, 0.1) is 6.61 Å². The van der Waals surface area contributed by atoms with Crippen LogP contribution in [-0.4, -0.2) is 17.4 Å². The molecular formula is C6H9BrO2. The van der Waals surface area contributed by atoms with E-state index in [2.05, 4.69) is 15.9 Å². The Hall–Kier alpha value is 0.110. The Kier molecular flexibility index (Phi) is 2.24. The lowest BCUT2D eigenvalue weighted by atomic mass is 10.0. The molecule has 1 aliphatic rings. The molecule has 0 aliphatic carbocycles. The molecule has 1 heterocycles. The molecule has 0 spiro atoms. The first-order valence-electron chi connectivity index (χ1n) is 2.98. The molecule has 1 fully saturated rings. The minimum absolute atomic E-state index is 0.0406. The zero-order valence-electron chi connectivity index (χ0n) is 5.26. The highest BCUT2D eigenvalue weighted by atomic mass is 79.9. The van der Waals surface area contributed by atoms with Crippen LogP contribution >= 0.6 is 15.9 Å². The number of hydrogen-bond donors (Lipinski definition) is 0. The molecule has 0 amide bonds. The van der Waals surface area contributed by atoms with Gasteiger partial charge in [-0.15, -0.1) is 0 Å². The molecule has 0 saturated carbocycles. The normalized spacial score (nSPS) is 36.9. The number of rotatable bonds is 0. The summed E-state index contributed by atoms with van der Waals surface area (Å²) < 4.78 is 5.16. The van der Waals surface area contributed by atoms with Crippen molar-refractivity contribution in [2.75, 3.05) is 6.61 Å². The quantitative estimate of drug-likeness (QED) is 0.542. The van der Waals surface area contributed by atoms with Crippen LogP contribution < -0.4 is 0 Å². The second-order valence-electron chi connectivity index (χ2n) is 2.31. The lowest BCUT2D eigenvalue weighted by molar-refractivity contribution is -0.130. The van der Waals surface area contributed by atoms with E-state index in [-0.39, 0.29) is 10.9 Å². The van der Waals surface area contributed by atoms with Crippen molar-refractivity contribution in [3.05, 3.63) is 0 Å². The fourth-order valence-electron chi connectivity index (χ4n) is 0.760. The zero-order chi connectivity index (χ0) is 6.85. The highest BCUT2D eigenvalue weighted by Gasteiger charge is 2.23. The topological polar surface area (TPSA) is 26.3 Å². The molecule has 1 rings (SSSR count). The third-order valence-electron chi connectivity index (χ3n) is 1.44. The van der Waals surface area contributed by atoms with Crippen molar-refractivity contribution in [3.63, 3.8) is 0 Å². The van der Waals surface area contributed by atoms with Gasteiger partial charge in [-0.3, -0.25) is 4.79 Å². The molecule has 2 atom stereocenters. The van der Waals surface area contributed by atoms with Gasteiger partial charge in [-0.2, -0.15) is 0 Å². The number of carbonyl (C=O) groups is 1. The third kappa shape index (κ3) is 1.76. The summed E-state index contributed by atoms with van der Waals surface area (Å²) in [6, 6.07) is 0. The number of halogens is 1. The second kappa shape index (κ2) is 2.80. The van der Waals surface area contributed by atoms with Gasteiger partial charge in [0.2, 0.25) is 0 Å². The molecule has 3 heteroatoms. The number of hydrogen-bond acceptors (Lipinski definition) is 2. The van der Waals surface area contributed by atoms with Crippen LogP contribution in [0.1, 0.15) is 13.3 Å². The smallest absolute Gasteiger partial charge is 0.141 e. The number of alkyl halides is 1. The van der Waals surface area contributed by atoms with Gasteiger partial charge in [-0.25, -0.2) is 0 Å². The predicted octanol–water partition coefficient (Wildman–Crippen LogP) is 1.33. The van der Waals surface area contributed by atoms with E-state index in [1.807, 2.05) is 6.92 Å². The van der Waals surface area contributed by atoms with E-state index in [1.165, 1.54) is 0 Å². The van der Waals surface area contributed by atoms with Gasteiger partial charge in [-0.05, 0) is 0 Å². The fraction of sp³-hybridized carbons (Fsp3) is 0.833. The highest BCUT2D eigenvalue weighted by molar-refractivity contribution is 9.09. The molecule has 0 aromatic rings. The molecular weight excluding hydrogens is 184 g/mol. The van der Waals surface area contributed by atoms with Crippen LogP contribution in [-0.2, 0) is 9.53 Å². The zero-order valence-corrected chi connectivity index (χ0v) is 6.85. The Balaban J connectivity index is 2.44. The van der Waals surface area contributed by atoms with E-state index in [4.69, 9.17) is 4.74 Å². The number of Topliss-reactive ketones (excluding diaryl/α,β-unsaturated/α-hetero) is 1. The lowest BCUT2D eigenvalue weighted by Crippen LogP contribution is -2.28. The Bertz CT molecular complexity index is 124. The SMILES string of the molecule is CC1COC(Br)CC1=O. The summed E-state index contributed by atoms with van der Waals surface area (Å²) in [6.07, 6.45) is 0.515. The van der Waals surface area contributed by atoms with Crippen molar-refractivity contribution in [1.82, 2.24) is 0 Å². The highest BCUT2D eigenvalue weighted by Crippen LogP contribution is 2.18. The Morgan fingerprint density at radius 3 is 2.89 bits per heavy atom. The second-order valence-corrected chi connectivity index (χ2v) is 3.34. The van der Waals surface area contributed by atoms with Crippen LogP contribution in [0.3, 0.4) is 0 Å². The summed E-state index contributed by atoms with van der Waals surface area (Å²) in [5.41, 5.74) is 0. The van der Waals surface area contributed by atoms with Crippen molar-refractivity contribution >= 4 is 21.7 Å². The van der Waals surface area contributed by atoms with Crippen LogP contribution in [0.5, 0.6) is 0 Å². The van der Waals surface area contributed by atoms with Crippen LogP contribution in [0.2, 0.25) is 0 Å². The first-order chi connectivity index (χ1) is 4.20. The standard InChI is InChI=1S/C6H9BrO2/c1-4-3-9-6(7)2-5(4)8/h4,6H,2-3H2,1H3. The molecule has 2 nitrogen and oxygen atoms in total. The predicted molar refractivity (Wildman–Crippen MR) is 37.5 cm³/mol. The molecule has 0 bridgehead atoms. The van der Waals surface area contributed by atoms with Crippen LogP contribution in [0, 0.1) is 5.92 Å². The molecule has 9 heavy (non-hydrogen) atoms. The molecule has 1 saturated heterocycles. The van der Waals surface area contributed by atoms with Gasteiger partial charge >= 0.3 is 0 Å². The Labute approximate surface area is 62.7 Å². The van der Waals surface area contributed by atoms with Gasteiger partial charge in [0.25, 0.3) is 0 Å². The summed E-state index contributed by atoms with van der Waals surface area (Å²) in [4.78, 5) is 10.9. The Morgan fingerprint density at radius 1 is 1.78 bits per heavy atom. The van der Waals surface area contributed by atoms with E-state index in [1.54, 1.807) is 0 Å². The number of ketones is 1. The molecule has 0 aromatic heterocycles. The van der Waals surface area contributed by atoms with Gasteiger partial charge in [0.1, 0.15) is 10.8 Å². The van der Waals surface area contributed by atoms with Crippen molar-refractivity contribution in [2.45, 2.75) is 18.4 Å². The summed E-state index contributed by atoms with van der Waals surface area (Å²) in [5, 5.41) is -0.0406. The molecule has 2 unspecified atom stereocenters. The largest absolute Gasteiger partial charge is 0.366 e. The van der Waals surface area contributed by atoms with Crippen molar-refractivity contribution < 1.29 is 9.53 Å². The first kappa shape index (κ1) is 7.22. The number of carbonyl (C=O) groups excluding carboxylic acids is 1. The van der Waals surface area contributed by atoms with Crippen molar-refractivity contribution in [3.8, 4) is 0 Å². The van der Waals surface area contributed by atoms with Gasteiger partial charge in [0, 0.05) is 12.3 Å². The average Bonchev–Trinajstić information content (AvgIpc) is 1.80. The maximum absolute atomic E-state index is 10.9. The summed E-state index contributed by atoms with van der Waals surface area (Å²) in [6.45, 7) is 2.45. The molecule has 0 N–H and O–H groups in total. The average molecular weight is 193 g/mol. The minimum atomic E-state index is -0.0406. The van der Waals surface area contributed by atoms with Gasteiger partial charge in [-0.1, -0.05) is 22.9 Å². The lowest BCUT2D eigenvalue weighted by Gasteiger charge is -2.21. The minimum Gasteiger partial charge on any atom is -0.366 e. The summed E-state index contributed by atoms with van der Waals surface area (Å²) >= 11 is 3.21. The number of ether oxygens (including phenoxy) is 1. The maximum atomic E-state index is 10.9. The van der Waals surface area contributed by atoms with Crippen LogP contribution in [0.25, 0.3) is 0 Å². The Morgan fingerprint density at radius 2 is 2.44 bits per heavy atom. The van der Waals surface area contributed by atoms with Gasteiger partial charge < -0.3 is 4.74 Å². The van der Waals surface area contributed by atoms with E-state index < -0.39 is 0 Å². The van der Waals surface area contributed by atoms with E-state index >= 15 is 0 Å². The van der Waals surface area contributed by atoms with Gasteiger partial charge in [0.15, 0.2) is 0 Å². The molecule has 0 aromatic carbocycles. The molecule has 1 aliphatic heterocycles. The monoisotopic (exact) mass is 192 g/mol.